The van der Waals surface area contributed by atoms with Gasteiger partial charge in [-0.2, -0.15) is 0 Å². The van der Waals surface area contributed by atoms with Gasteiger partial charge in [0, 0.05) is 11.5 Å². The molecule has 0 unspecified atom stereocenters. The zero-order valence-electron chi connectivity index (χ0n) is 17.1. The SMILES string of the molecule is COC(=O)C1=C[C@H](O)c2cc3c(cc2[C@H]1c1cc(OC)c(OC)c(OC)c1)OCO3. The molecule has 0 saturated heterocycles. The fourth-order valence-corrected chi connectivity index (χ4v) is 3.93. The highest BCUT2D eigenvalue weighted by molar-refractivity contribution is 5.92. The molecule has 1 aliphatic carbocycles. The average molecular weight is 414 g/mol. The van der Waals surface area contributed by atoms with E-state index >= 15 is 0 Å². The minimum absolute atomic E-state index is 0.0977. The summed E-state index contributed by atoms with van der Waals surface area (Å²) in [5.41, 5.74) is 2.31. The number of fused-ring (bicyclic) bond motifs is 2. The number of hydrogen-bond acceptors (Lipinski definition) is 8. The van der Waals surface area contributed by atoms with E-state index in [9.17, 15) is 9.90 Å². The van der Waals surface area contributed by atoms with Crippen LogP contribution >= 0.6 is 0 Å². The summed E-state index contributed by atoms with van der Waals surface area (Å²) in [7, 11) is 5.87. The van der Waals surface area contributed by atoms with E-state index in [0.29, 0.717) is 51.0 Å². The molecule has 2 atom stereocenters. The minimum Gasteiger partial charge on any atom is -0.493 e. The molecule has 0 aromatic heterocycles. The molecule has 0 amide bonds. The van der Waals surface area contributed by atoms with Gasteiger partial charge >= 0.3 is 5.97 Å². The van der Waals surface area contributed by atoms with Crippen LogP contribution in [0.25, 0.3) is 0 Å². The highest BCUT2D eigenvalue weighted by atomic mass is 16.7. The Morgan fingerprint density at radius 2 is 1.53 bits per heavy atom. The van der Waals surface area contributed by atoms with E-state index in [1.54, 1.807) is 24.3 Å². The second-order valence-electron chi connectivity index (χ2n) is 6.78. The predicted octanol–water partition coefficient (Wildman–Crippen LogP) is 2.72. The first kappa shape index (κ1) is 19.9. The van der Waals surface area contributed by atoms with Gasteiger partial charge in [0.15, 0.2) is 23.0 Å². The van der Waals surface area contributed by atoms with Crippen LogP contribution in [-0.4, -0.2) is 46.3 Å². The number of aliphatic hydroxyl groups is 1. The Balaban J connectivity index is 1.96. The van der Waals surface area contributed by atoms with Crippen molar-refractivity contribution in [3.63, 3.8) is 0 Å². The van der Waals surface area contributed by atoms with Crippen molar-refractivity contribution in [3.8, 4) is 28.7 Å². The third-order valence-corrected chi connectivity index (χ3v) is 5.30. The van der Waals surface area contributed by atoms with E-state index < -0.39 is 18.0 Å². The average Bonchev–Trinajstić information content (AvgIpc) is 3.23. The zero-order valence-corrected chi connectivity index (χ0v) is 17.1. The third kappa shape index (κ3) is 3.09. The van der Waals surface area contributed by atoms with Crippen LogP contribution in [0.15, 0.2) is 35.9 Å². The van der Waals surface area contributed by atoms with Gasteiger partial charge in [-0.25, -0.2) is 4.79 Å². The number of esters is 1. The van der Waals surface area contributed by atoms with E-state index in [-0.39, 0.29) is 6.79 Å². The summed E-state index contributed by atoms with van der Waals surface area (Å²) < 4.78 is 32.3. The number of benzene rings is 2. The van der Waals surface area contributed by atoms with Gasteiger partial charge in [-0.1, -0.05) is 0 Å². The highest BCUT2D eigenvalue weighted by Gasteiger charge is 2.36. The van der Waals surface area contributed by atoms with Gasteiger partial charge in [0.05, 0.1) is 34.5 Å². The normalized spacial score (nSPS) is 18.9. The Labute approximate surface area is 173 Å². The molecule has 0 fully saturated rings. The molecule has 0 saturated carbocycles. The Morgan fingerprint density at radius 1 is 0.933 bits per heavy atom. The molecule has 0 spiro atoms. The summed E-state index contributed by atoms with van der Waals surface area (Å²) >= 11 is 0. The summed E-state index contributed by atoms with van der Waals surface area (Å²) in [4.78, 5) is 12.6. The van der Waals surface area contributed by atoms with Crippen molar-refractivity contribution in [2.24, 2.45) is 0 Å². The Bertz CT molecular complexity index is 1000. The summed E-state index contributed by atoms with van der Waals surface area (Å²) in [6.07, 6.45) is 0.492. The van der Waals surface area contributed by atoms with Crippen LogP contribution in [0.2, 0.25) is 0 Å². The van der Waals surface area contributed by atoms with Crippen molar-refractivity contribution >= 4 is 5.97 Å². The lowest BCUT2D eigenvalue weighted by molar-refractivity contribution is -0.136. The topological polar surface area (TPSA) is 92.7 Å². The third-order valence-electron chi connectivity index (χ3n) is 5.30. The Hall–Kier alpha value is -3.39. The lowest BCUT2D eigenvalue weighted by Gasteiger charge is -2.30. The molecule has 1 N–H and O–H groups in total. The van der Waals surface area contributed by atoms with Crippen LogP contribution < -0.4 is 23.7 Å². The van der Waals surface area contributed by atoms with E-state index in [4.69, 9.17) is 28.4 Å². The largest absolute Gasteiger partial charge is 0.493 e. The smallest absolute Gasteiger partial charge is 0.334 e. The molecule has 158 valence electrons. The summed E-state index contributed by atoms with van der Waals surface area (Å²) in [6, 6.07) is 7.06. The molecule has 8 nitrogen and oxygen atoms in total. The van der Waals surface area contributed by atoms with Crippen molar-refractivity contribution in [2.75, 3.05) is 35.2 Å². The first-order valence-corrected chi connectivity index (χ1v) is 9.23. The van der Waals surface area contributed by atoms with Crippen molar-refractivity contribution in [3.05, 3.63) is 52.6 Å². The number of hydrogen-bond donors (Lipinski definition) is 1. The molecule has 0 bridgehead atoms. The number of carbonyl (C=O) groups is 1. The molecule has 2 aromatic carbocycles. The van der Waals surface area contributed by atoms with E-state index in [1.165, 1.54) is 34.5 Å². The maximum atomic E-state index is 12.6. The standard InChI is InChI=1S/C22H22O8/c1-25-18-5-11(6-19(26-2)21(18)27-3)20-13-9-17-16(29-10-30-17)8-12(13)15(23)7-14(20)22(24)28-4/h5-9,15,20,23H,10H2,1-4H3/t15-,20+/m0/s1. The molecule has 8 heteroatoms. The Morgan fingerprint density at radius 3 is 2.07 bits per heavy atom. The Kier molecular flexibility index (Phi) is 5.17. The van der Waals surface area contributed by atoms with Gasteiger partial charge in [0.25, 0.3) is 0 Å². The first-order chi connectivity index (χ1) is 14.5. The molecule has 1 aliphatic heterocycles. The van der Waals surface area contributed by atoms with Crippen LogP contribution in [0.3, 0.4) is 0 Å². The van der Waals surface area contributed by atoms with Gasteiger partial charge in [-0.15, -0.1) is 0 Å². The molecule has 2 aromatic rings. The van der Waals surface area contributed by atoms with Crippen LogP contribution in [0.4, 0.5) is 0 Å². The molecule has 0 radical (unpaired) electrons. The summed E-state index contributed by atoms with van der Waals surface area (Å²) in [6.45, 7) is 0.0977. The maximum Gasteiger partial charge on any atom is 0.334 e. The molecule has 4 rings (SSSR count). The van der Waals surface area contributed by atoms with Crippen LogP contribution in [0.5, 0.6) is 28.7 Å². The van der Waals surface area contributed by atoms with E-state index in [1.807, 2.05) is 0 Å². The molecule has 1 heterocycles. The monoisotopic (exact) mass is 414 g/mol. The number of aliphatic hydroxyl groups excluding tert-OH is 1. The van der Waals surface area contributed by atoms with Crippen LogP contribution in [-0.2, 0) is 9.53 Å². The fraction of sp³-hybridized carbons (Fsp3) is 0.318. The van der Waals surface area contributed by atoms with Crippen LogP contribution in [0, 0.1) is 0 Å². The molecule has 30 heavy (non-hydrogen) atoms. The summed E-state index contributed by atoms with van der Waals surface area (Å²) in [5, 5.41) is 10.7. The van der Waals surface area contributed by atoms with Crippen molar-refractivity contribution in [2.45, 2.75) is 12.0 Å². The fourth-order valence-electron chi connectivity index (χ4n) is 3.93. The van der Waals surface area contributed by atoms with Crippen molar-refractivity contribution in [1.82, 2.24) is 0 Å². The first-order valence-electron chi connectivity index (χ1n) is 9.23. The molecular formula is C22H22O8. The second-order valence-corrected chi connectivity index (χ2v) is 6.78. The molecular weight excluding hydrogens is 392 g/mol. The number of rotatable bonds is 5. The summed E-state index contributed by atoms with van der Waals surface area (Å²) in [5.74, 6) is 1.33. The van der Waals surface area contributed by atoms with Crippen LogP contribution in [0.1, 0.15) is 28.7 Å². The number of carbonyl (C=O) groups excluding carboxylic acids is 1. The predicted molar refractivity (Wildman–Crippen MR) is 106 cm³/mol. The van der Waals surface area contributed by atoms with E-state index in [0.717, 1.165) is 0 Å². The molecule has 2 aliphatic rings. The lowest BCUT2D eigenvalue weighted by atomic mass is 9.76. The zero-order chi connectivity index (χ0) is 21.4. The lowest BCUT2D eigenvalue weighted by Crippen LogP contribution is -2.22. The van der Waals surface area contributed by atoms with Gasteiger partial charge < -0.3 is 33.5 Å². The minimum atomic E-state index is -0.998. The van der Waals surface area contributed by atoms with Gasteiger partial charge in [0.2, 0.25) is 12.5 Å². The quantitative estimate of drug-likeness (QED) is 0.747. The van der Waals surface area contributed by atoms with Crippen molar-refractivity contribution < 1.29 is 38.3 Å². The van der Waals surface area contributed by atoms with Gasteiger partial charge in [0.1, 0.15) is 0 Å². The van der Waals surface area contributed by atoms with Gasteiger partial charge in [-0.3, -0.25) is 0 Å². The number of ether oxygens (including phenoxy) is 6. The van der Waals surface area contributed by atoms with Gasteiger partial charge in [-0.05, 0) is 47.0 Å². The number of methoxy groups -OCH3 is 4. The maximum absolute atomic E-state index is 12.6. The highest BCUT2D eigenvalue weighted by Crippen LogP contribution is 2.49. The van der Waals surface area contributed by atoms with E-state index in [2.05, 4.69) is 0 Å². The van der Waals surface area contributed by atoms with Crippen molar-refractivity contribution in [1.29, 1.82) is 0 Å². The second kappa shape index (κ2) is 7.79.